The summed E-state index contributed by atoms with van der Waals surface area (Å²) < 4.78 is 11.3. The predicted molar refractivity (Wildman–Crippen MR) is 71.3 cm³/mol. The Hall–Kier alpha value is 0.0700. The third kappa shape index (κ3) is 4.52. The van der Waals surface area contributed by atoms with Gasteiger partial charge in [0.1, 0.15) is 0 Å². The molecule has 0 bridgehead atoms. The van der Waals surface area contributed by atoms with E-state index in [-0.39, 0.29) is 0 Å². The van der Waals surface area contributed by atoms with Gasteiger partial charge in [-0.05, 0) is 19.8 Å². The lowest BCUT2D eigenvalue weighted by Crippen LogP contribution is -2.48. The Morgan fingerprint density at radius 3 is 2.31 bits per heavy atom. The van der Waals surface area contributed by atoms with E-state index >= 15 is 0 Å². The first-order valence-corrected chi connectivity index (χ1v) is 7.98. The Labute approximate surface area is 102 Å². The molecule has 1 saturated heterocycles. The van der Waals surface area contributed by atoms with E-state index < -0.39 is 10.8 Å². The number of hydrogen-bond acceptors (Lipinski definition) is 3. The van der Waals surface area contributed by atoms with Crippen LogP contribution in [0.1, 0.15) is 33.6 Å². The van der Waals surface area contributed by atoms with Crippen molar-refractivity contribution in [2.75, 3.05) is 31.1 Å². The SMILES string of the molecule is CCC(CC)NCC(C)N1CCS(=O)CC1. The molecule has 1 fully saturated rings. The molecule has 1 heterocycles. The van der Waals surface area contributed by atoms with E-state index in [4.69, 9.17) is 0 Å². The number of rotatable bonds is 6. The zero-order chi connectivity index (χ0) is 12.0. The van der Waals surface area contributed by atoms with Crippen LogP contribution in [0.4, 0.5) is 0 Å². The molecule has 0 radical (unpaired) electrons. The van der Waals surface area contributed by atoms with Crippen molar-refractivity contribution in [3.63, 3.8) is 0 Å². The molecular weight excluding hydrogens is 220 g/mol. The van der Waals surface area contributed by atoms with Crippen LogP contribution in [-0.4, -0.2) is 52.3 Å². The summed E-state index contributed by atoms with van der Waals surface area (Å²) in [5.74, 6) is 1.71. The first-order valence-electron chi connectivity index (χ1n) is 6.49. The molecule has 1 rings (SSSR count). The summed E-state index contributed by atoms with van der Waals surface area (Å²) in [4.78, 5) is 2.46. The lowest BCUT2D eigenvalue weighted by atomic mass is 10.1. The Kier molecular flexibility index (Phi) is 6.54. The van der Waals surface area contributed by atoms with Crippen molar-refractivity contribution in [1.29, 1.82) is 0 Å². The van der Waals surface area contributed by atoms with E-state index in [1.54, 1.807) is 0 Å². The summed E-state index contributed by atoms with van der Waals surface area (Å²) in [6, 6.07) is 1.22. The minimum atomic E-state index is -0.555. The van der Waals surface area contributed by atoms with Gasteiger partial charge in [0, 0.05) is 54.0 Å². The Bertz CT molecular complexity index is 209. The fourth-order valence-electron chi connectivity index (χ4n) is 2.14. The monoisotopic (exact) mass is 246 g/mol. The molecule has 1 aliphatic rings. The lowest BCUT2D eigenvalue weighted by Gasteiger charge is -2.33. The van der Waals surface area contributed by atoms with Gasteiger partial charge < -0.3 is 5.32 Å². The van der Waals surface area contributed by atoms with Gasteiger partial charge >= 0.3 is 0 Å². The minimum Gasteiger partial charge on any atom is -0.312 e. The van der Waals surface area contributed by atoms with Gasteiger partial charge in [0.2, 0.25) is 0 Å². The van der Waals surface area contributed by atoms with Crippen LogP contribution >= 0.6 is 0 Å². The van der Waals surface area contributed by atoms with Gasteiger partial charge in [0.25, 0.3) is 0 Å². The molecule has 96 valence electrons. The first-order chi connectivity index (χ1) is 7.67. The topological polar surface area (TPSA) is 32.3 Å². The van der Waals surface area contributed by atoms with Gasteiger partial charge in [-0.2, -0.15) is 0 Å². The molecule has 0 aromatic heterocycles. The second-order valence-electron chi connectivity index (χ2n) is 4.65. The molecule has 1 aliphatic heterocycles. The Balaban J connectivity index is 2.23. The molecule has 0 aliphatic carbocycles. The van der Waals surface area contributed by atoms with Crippen LogP contribution in [0.25, 0.3) is 0 Å². The summed E-state index contributed by atoms with van der Waals surface area (Å²) >= 11 is 0. The molecule has 0 amide bonds. The van der Waals surface area contributed by atoms with Gasteiger partial charge in [0.15, 0.2) is 0 Å². The molecule has 1 unspecified atom stereocenters. The summed E-state index contributed by atoms with van der Waals surface area (Å²) in [5, 5.41) is 3.61. The van der Waals surface area contributed by atoms with Gasteiger partial charge in [-0.25, -0.2) is 0 Å². The maximum Gasteiger partial charge on any atom is 0.0363 e. The molecule has 0 aromatic carbocycles. The highest BCUT2D eigenvalue weighted by Gasteiger charge is 2.20. The van der Waals surface area contributed by atoms with E-state index in [9.17, 15) is 4.21 Å². The maximum atomic E-state index is 11.3. The first kappa shape index (κ1) is 14.1. The van der Waals surface area contributed by atoms with E-state index in [1.807, 2.05) is 0 Å². The average molecular weight is 246 g/mol. The van der Waals surface area contributed by atoms with Crippen LogP contribution in [0.3, 0.4) is 0 Å². The standard InChI is InChI=1S/C12H26N2OS/c1-4-12(5-2)13-10-11(3)14-6-8-16(15)9-7-14/h11-13H,4-10H2,1-3H3. The number of hydrogen-bond donors (Lipinski definition) is 1. The van der Waals surface area contributed by atoms with Crippen LogP contribution < -0.4 is 5.32 Å². The molecule has 4 heteroatoms. The lowest BCUT2D eigenvalue weighted by molar-refractivity contribution is 0.217. The highest BCUT2D eigenvalue weighted by Crippen LogP contribution is 2.05. The van der Waals surface area contributed by atoms with Gasteiger partial charge in [-0.15, -0.1) is 0 Å². The molecule has 0 spiro atoms. The minimum absolute atomic E-state index is 0.555. The summed E-state index contributed by atoms with van der Waals surface area (Å²) in [7, 11) is -0.555. The third-order valence-corrected chi connectivity index (χ3v) is 4.80. The average Bonchev–Trinajstić information content (AvgIpc) is 2.31. The second-order valence-corrected chi connectivity index (χ2v) is 6.35. The Morgan fingerprint density at radius 1 is 1.25 bits per heavy atom. The fourth-order valence-corrected chi connectivity index (χ4v) is 3.22. The van der Waals surface area contributed by atoms with Crippen molar-refractivity contribution in [1.82, 2.24) is 10.2 Å². The molecule has 0 aromatic rings. The van der Waals surface area contributed by atoms with E-state index in [1.165, 1.54) is 12.8 Å². The largest absolute Gasteiger partial charge is 0.312 e. The zero-order valence-electron chi connectivity index (χ0n) is 10.9. The van der Waals surface area contributed by atoms with Gasteiger partial charge in [-0.1, -0.05) is 13.8 Å². The van der Waals surface area contributed by atoms with Crippen molar-refractivity contribution in [3.8, 4) is 0 Å². The third-order valence-electron chi connectivity index (χ3n) is 3.52. The summed E-state index contributed by atoms with van der Waals surface area (Å²) in [5.41, 5.74) is 0. The van der Waals surface area contributed by atoms with E-state index in [0.717, 1.165) is 31.1 Å². The van der Waals surface area contributed by atoms with E-state index in [2.05, 4.69) is 31.0 Å². The van der Waals surface area contributed by atoms with Crippen molar-refractivity contribution in [2.24, 2.45) is 0 Å². The highest BCUT2D eigenvalue weighted by atomic mass is 32.2. The Morgan fingerprint density at radius 2 is 1.81 bits per heavy atom. The highest BCUT2D eigenvalue weighted by molar-refractivity contribution is 7.85. The normalized spacial score (nSPS) is 21.5. The van der Waals surface area contributed by atoms with Crippen molar-refractivity contribution in [3.05, 3.63) is 0 Å². The molecule has 0 saturated carbocycles. The van der Waals surface area contributed by atoms with Crippen molar-refractivity contribution in [2.45, 2.75) is 45.7 Å². The number of nitrogens with one attached hydrogen (secondary N) is 1. The molecule has 1 atom stereocenters. The van der Waals surface area contributed by atoms with Gasteiger partial charge in [0.05, 0.1) is 0 Å². The second kappa shape index (κ2) is 7.41. The summed E-state index contributed by atoms with van der Waals surface area (Å²) in [6.07, 6.45) is 2.40. The zero-order valence-corrected chi connectivity index (χ0v) is 11.7. The van der Waals surface area contributed by atoms with Crippen LogP contribution in [-0.2, 0) is 10.8 Å². The molecule has 16 heavy (non-hydrogen) atoms. The van der Waals surface area contributed by atoms with E-state index in [0.29, 0.717) is 12.1 Å². The molecule has 1 N–H and O–H groups in total. The van der Waals surface area contributed by atoms with Crippen LogP contribution in [0, 0.1) is 0 Å². The van der Waals surface area contributed by atoms with Crippen LogP contribution in [0.5, 0.6) is 0 Å². The smallest absolute Gasteiger partial charge is 0.0363 e. The fraction of sp³-hybridized carbons (Fsp3) is 1.00. The summed E-state index contributed by atoms with van der Waals surface area (Å²) in [6.45, 7) is 9.78. The molecule has 3 nitrogen and oxygen atoms in total. The number of nitrogens with zero attached hydrogens (tertiary/aromatic N) is 1. The van der Waals surface area contributed by atoms with Crippen LogP contribution in [0.15, 0.2) is 0 Å². The van der Waals surface area contributed by atoms with Crippen molar-refractivity contribution < 1.29 is 4.21 Å². The maximum absolute atomic E-state index is 11.3. The quantitative estimate of drug-likeness (QED) is 0.765. The van der Waals surface area contributed by atoms with Crippen molar-refractivity contribution >= 4 is 10.8 Å². The van der Waals surface area contributed by atoms with Crippen LogP contribution in [0.2, 0.25) is 0 Å². The predicted octanol–water partition coefficient (Wildman–Crippen LogP) is 1.22. The molecular formula is C12H26N2OS. The van der Waals surface area contributed by atoms with Gasteiger partial charge in [-0.3, -0.25) is 9.11 Å².